The van der Waals surface area contributed by atoms with E-state index in [-0.39, 0.29) is 17.6 Å². The van der Waals surface area contributed by atoms with Crippen molar-refractivity contribution in [1.29, 1.82) is 0 Å². The Balaban J connectivity index is 1.57. The summed E-state index contributed by atoms with van der Waals surface area (Å²) >= 11 is 0. The molecule has 0 spiro atoms. The Morgan fingerprint density at radius 2 is 1.24 bits per heavy atom. The molecule has 4 aromatic rings. The van der Waals surface area contributed by atoms with Crippen LogP contribution < -0.4 is 9.47 Å². The maximum atomic E-state index is 13.6. The first-order valence-electron chi connectivity index (χ1n) is 11.2. The number of halogens is 2. The smallest absolute Gasteiger partial charge is 0.174 e. The molecular weight excluding hydrogens is 430 g/mol. The summed E-state index contributed by atoms with van der Waals surface area (Å²) < 4.78 is 39.9. The molecule has 0 fully saturated rings. The van der Waals surface area contributed by atoms with Gasteiger partial charge in [0.1, 0.15) is 23.1 Å². The Morgan fingerprint density at radius 1 is 0.647 bits per heavy atom. The quantitative estimate of drug-likeness (QED) is 0.268. The third-order valence-corrected chi connectivity index (χ3v) is 6.22. The van der Waals surface area contributed by atoms with Gasteiger partial charge in [0, 0.05) is 23.5 Å². The maximum Gasteiger partial charge on any atom is 0.174 e. The Labute approximate surface area is 196 Å². The highest BCUT2D eigenvalue weighted by Gasteiger charge is 2.30. The average Bonchev–Trinajstić information content (AvgIpc) is 3.51. The highest BCUT2D eigenvalue weighted by Crippen LogP contribution is 2.52. The Hall–Kier alpha value is -4.18. The molecule has 0 aromatic heterocycles. The van der Waals surface area contributed by atoms with E-state index in [2.05, 4.69) is 30.4 Å². The number of hydrogen-bond donors (Lipinski definition) is 0. The zero-order valence-electron chi connectivity index (χ0n) is 18.2. The van der Waals surface area contributed by atoms with Crippen LogP contribution in [0.25, 0.3) is 11.1 Å². The molecule has 0 radical (unpaired) electrons. The van der Waals surface area contributed by atoms with Gasteiger partial charge in [0.15, 0.2) is 11.5 Å². The molecule has 0 saturated heterocycles. The molecule has 166 valence electrons. The molecule has 0 heterocycles. The fraction of sp³-hybridized carbons (Fsp3) is 0.0667. The van der Waals surface area contributed by atoms with Crippen molar-refractivity contribution < 1.29 is 18.3 Å². The maximum absolute atomic E-state index is 13.6. The lowest BCUT2D eigenvalue weighted by molar-refractivity contribution is 0.411. The largest absolute Gasteiger partial charge is 0.453 e. The van der Waals surface area contributed by atoms with E-state index in [1.165, 1.54) is 35.4 Å². The van der Waals surface area contributed by atoms with Gasteiger partial charge in [-0.3, -0.25) is 0 Å². The fourth-order valence-corrected chi connectivity index (χ4v) is 4.58. The van der Waals surface area contributed by atoms with Gasteiger partial charge in [-0.05, 0) is 71.3 Å². The molecule has 2 aliphatic carbocycles. The van der Waals surface area contributed by atoms with E-state index < -0.39 is 0 Å². The second-order valence-electron chi connectivity index (χ2n) is 8.39. The summed E-state index contributed by atoms with van der Waals surface area (Å²) in [5.41, 5.74) is 5.44. The molecular formula is C30H20F2O2. The minimum absolute atomic E-state index is 0.00378. The van der Waals surface area contributed by atoms with Crippen LogP contribution in [0.15, 0.2) is 103 Å². The lowest BCUT2D eigenvalue weighted by atomic mass is 9.93. The normalized spacial score (nSPS) is 13.7. The summed E-state index contributed by atoms with van der Waals surface area (Å²) in [7, 11) is 0. The van der Waals surface area contributed by atoms with E-state index >= 15 is 0 Å². The van der Waals surface area contributed by atoms with Crippen molar-refractivity contribution >= 4 is 0 Å². The minimum atomic E-state index is -0.332. The summed E-state index contributed by atoms with van der Waals surface area (Å²) in [6, 6.07) is 22.4. The van der Waals surface area contributed by atoms with Gasteiger partial charge >= 0.3 is 0 Å². The summed E-state index contributed by atoms with van der Waals surface area (Å²) in [6.45, 7) is 0. The van der Waals surface area contributed by atoms with Gasteiger partial charge in [0.2, 0.25) is 0 Å². The molecule has 4 heteroatoms. The van der Waals surface area contributed by atoms with Crippen LogP contribution in [0.1, 0.15) is 22.6 Å². The van der Waals surface area contributed by atoms with Gasteiger partial charge < -0.3 is 9.47 Å². The van der Waals surface area contributed by atoms with Gasteiger partial charge in [-0.25, -0.2) is 8.78 Å². The summed E-state index contributed by atoms with van der Waals surface area (Å²) in [4.78, 5) is 0. The monoisotopic (exact) mass is 450 g/mol. The van der Waals surface area contributed by atoms with Crippen molar-refractivity contribution in [2.75, 3.05) is 0 Å². The highest BCUT2D eigenvalue weighted by molar-refractivity contribution is 5.83. The van der Waals surface area contributed by atoms with Crippen LogP contribution in [0, 0.1) is 11.6 Å². The molecule has 0 amide bonds. The van der Waals surface area contributed by atoms with Crippen molar-refractivity contribution in [3.8, 4) is 34.1 Å². The number of ether oxygens (including phenoxy) is 2. The van der Waals surface area contributed by atoms with Gasteiger partial charge in [-0.2, -0.15) is 0 Å². The van der Waals surface area contributed by atoms with E-state index in [1.807, 2.05) is 24.3 Å². The third kappa shape index (κ3) is 3.67. The van der Waals surface area contributed by atoms with E-state index in [1.54, 1.807) is 24.3 Å². The first-order chi connectivity index (χ1) is 16.7. The number of hydrogen-bond acceptors (Lipinski definition) is 2. The van der Waals surface area contributed by atoms with Gasteiger partial charge in [-0.15, -0.1) is 0 Å². The van der Waals surface area contributed by atoms with Gasteiger partial charge in [-0.1, -0.05) is 48.6 Å². The fourth-order valence-electron chi connectivity index (χ4n) is 4.58. The zero-order chi connectivity index (χ0) is 23.1. The Kier molecular flexibility index (Phi) is 4.99. The lowest BCUT2D eigenvalue weighted by Gasteiger charge is -2.22. The number of fused-ring (bicyclic) bond motifs is 3. The molecule has 2 nitrogen and oxygen atoms in total. The molecule has 0 unspecified atom stereocenters. The predicted molar refractivity (Wildman–Crippen MR) is 129 cm³/mol. The van der Waals surface area contributed by atoms with Crippen LogP contribution in [0.5, 0.6) is 23.0 Å². The molecule has 0 bridgehead atoms. The summed E-state index contributed by atoms with van der Waals surface area (Å²) in [6.07, 6.45) is 8.91. The van der Waals surface area contributed by atoms with Crippen LogP contribution in [-0.2, 0) is 6.42 Å². The average molecular weight is 450 g/mol. The van der Waals surface area contributed by atoms with Crippen LogP contribution >= 0.6 is 0 Å². The van der Waals surface area contributed by atoms with Crippen molar-refractivity contribution in [2.45, 2.75) is 12.3 Å². The molecule has 0 aliphatic heterocycles. The first-order valence-corrected chi connectivity index (χ1v) is 11.2. The standard InChI is InChI=1S/C30H20F2O2/c31-21-9-13-23(14-10-21)33-29-26(19-5-1-2-6-19)18-27-25-8-4-3-7-20(25)17-28(27)30(29)34-24-15-11-22(32)12-16-24/h1-16,18-19H,17H2. The molecule has 4 aromatic carbocycles. The van der Waals surface area contributed by atoms with Crippen molar-refractivity contribution in [2.24, 2.45) is 0 Å². The van der Waals surface area contributed by atoms with E-state index in [0.717, 1.165) is 16.7 Å². The van der Waals surface area contributed by atoms with Gasteiger partial charge in [0.25, 0.3) is 0 Å². The number of rotatable bonds is 5. The van der Waals surface area contributed by atoms with Crippen molar-refractivity contribution in [3.05, 3.63) is 131 Å². The lowest BCUT2D eigenvalue weighted by Crippen LogP contribution is -2.02. The molecule has 2 aliphatic rings. The van der Waals surface area contributed by atoms with Gasteiger partial charge in [0.05, 0.1) is 0 Å². The SMILES string of the molecule is Fc1ccc(Oc2c(C3C=CC=C3)cc3c(c2Oc2ccc(F)cc2)Cc2ccccc2-3)cc1. The third-order valence-electron chi connectivity index (χ3n) is 6.22. The number of allylic oxidation sites excluding steroid dienone is 4. The summed E-state index contributed by atoms with van der Waals surface area (Å²) in [5, 5.41) is 0. The molecule has 0 saturated carbocycles. The minimum Gasteiger partial charge on any atom is -0.453 e. The second-order valence-corrected chi connectivity index (χ2v) is 8.39. The van der Waals surface area contributed by atoms with Crippen LogP contribution in [0.2, 0.25) is 0 Å². The second kappa shape index (κ2) is 8.31. The Bertz CT molecular complexity index is 1420. The molecule has 34 heavy (non-hydrogen) atoms. The topological polar surface area (TPSA) is 18.5 Å². The zero-order valence-corrected chi connectivity index (χ0v) is 18.2. The van der Waals surface area contributed by atoms with Crippen LogP contribution in [0.3, 0.4) is 0 Å². The predicted octanol–water partition coefficient (Wildman–Crippen LogP) is 8.33. The van der Waals surface area contributed by atoms with Crippen molar-refractivity contribution in [1.82, 2.24) is 0 Å². The Morgan fingerprint density at radius 3 is 1.88 bits per heavy atom. The van der Waals surface area contributed by atoms with Crippen molar-refractivity contribution in [3.63, 3.8) is 0 Å². The first kappa shape index (κ1) is 20.4. The van der Waals surface area contributed by atoms with E-state index in [0.29, 0.717) is 29.4 Å². The summed E-state index contributed by atoms with van der Waals surface area (Å²) in [5.74, 6) is 1.52. The highest BCUT2D eigenvalue weighted by atomic mass is 19.1. The number of benzene rings is 4. The molecule has 6 rings (SSSR count). The van der Waals surface area contributed by atoms with E-state index in [9.17, 15) is 8.78 Å². The van der Waals surface area contributed by atoms with E-state index in [4.69, 9.17) is 9.47 Å². The molecule has 0 atom stereocenters. The van der Waals surface area contributed by atoms with Crippen LogP contribution in [0.4, 0.5) is 8.78 Å². The van der Waals surface area contributed by atoms with Crippen LogP contribution in [-0.4, -0.2) is 0 Å². The molecule has 0 N–H and O–H groups in total.